The molecule has 1 saturated carbocycles. The largest absolute Gasteiger partial charge is 0.343 e. The SMILES string of the molecule is Cc1cc(C(=O)CSc2nnc(C)n2C2CCCCC2)c(C)n1Cc1cccs1. The number of ketones is 1. The standard InChI is InChI=1S/C22H28N4OS2/c1-15-12-20(16(2)25(15)13-19-10-7-11-28-19)21(27)14-29-22-24-23-17(3)26(22)18-8-5-4-6-9-18/h7,10-12,18H,4-6,8-9,13-14H2,1-3H3. The van der Waals surface area contributed by atoms with Crippen molar-refractivity contribution in [2.24, 2.45) is 0 Å². The summed E-state index contributed by atoms with van der Waals surface area (Å²) < 4.78 is 4.50. The lowest BCUT2D eigenvalue weighted by Crippen LogP contribution is -2.15. The molecule has 0 unspecified atom stereocenters. The van der Waals surface area contributed by atoms with Crippen molar-refractivity contribution in [2.75, 3.05) is 5.75 Å². The summed E-state index contributed by atoms with van der Waals surface area (Å²) in [5, 5.41) is 11.6. The Morgan fingerprint density at radius 2 is 2.00 bits per heavy atom. The molecule has 0 radical (unpaired) electrons. The summed E-state index contributed by atoms with van der Waals surface area (Å²) in [6.45, 7) is 6.97. The second-order valence-corrected chi connectivity index (χ2v) is 9.83. The van der Waals surface area contributed by atoms with Crippen LogP contribution in [0, 0.1) is 20.8 Å². The zero-order valence-corrected chi connectivity index (χ0v) is 19.0. The van der Waals surface area contributed by atoms with Gasteiger partial charge in [-0.3, -0.25) is 4.79 Å². The van der Waals surface area contributed by atoms with E-state index in [1.807, 2.05) is 19.9 Å². The predicted octanol–water partition coefficient (Wildman–Crippen LogP) is 5.59. The Bertz CT molecular complexity index is 981. The summed E-state index contributed by atoms with van der Waals surface area (Å²) in [4.78, 5) is 14.3. The molecule has 0 spiro atoms. The molecular weight excluding hydrogens is 400 g/mol. The number of Topliss-reactive ketones (excluding diaryl/α,β-unsaturated/α-hetero) is 1. The van der Waals surface area contributed by atoms with Gasteiger partial charge >= 0.3 is 0 Å². The minimum atomic E-state index is 0.163. The molecule has 0 saturated heterocycles. The molecule has 0 amide bonds. The van der Waals surface area contributed by atoms with Crippen LogP contribution < -0.4 is 0 Å². The van der Waals surface area contributed by atoms with E-state index in [4.69, 9.17) is 0 Å². The summed E-state index contributed by atoms with van der Waals surface area (Å²) in [6.07, 6.45) is 6.22. The fourth-order valence-corrected chi connectivity index (χ4v) is 5.93. The molecular formula is C22H28N4OS2. The van der Waals surface area contributed by atoms with Gasteiger partial charge in [0.2, 0.25) is 0 Å². The third-order valence-corrected chi connectivity index (χ3v) is 7.68. The minimum Gasteiger partial charge on any atom is -0.343 e. The number of nitrogens with zero attached hydrogens (tertiary/aromatic N) is 4. The van der Waals surface area contributed by atoms with Crippen molar-refractivity contribution >= 4 is 28.9 Å². The van der Waals surface area contributed by atoms with E-state index in [0.717, 1.165) is 34.5 Å². The summed E-state index contributed by atoms with van der Waals surface area (Å²) >= 11 is 3.28. The molecule has 7 heteroatoms. The fraction of sp³-hybridized carbons (Fsp3) is 0.500. The van der Waals surface area contributed by atoms with Crippen molar-refractivity contribution in [3.8, 4) is 0 Å². The summed E-state index contributed by atoms with van der Waals surface area (Å²) in [5.41, 5.74) is 3.00. The van der Waals surface area contributed by atoms with E-state index in [1.54, 1.807) is 11.3 Å². The van der Waals surface area contributed by atoms with Gasteiger partial charge in [0.05, 0.1) is 12.3 Å². The van der Waals surface area contributed by atoms with Crippen LogP contribution >= 0.6 is 23.1 Å². The van der Waals surface area contributed by atoms with E-state index in [-0.39, 0.29) is 5.78 Å². The number of thiophene rings is 1. The molecule has 0 atom stereocenters. The maximum Gasteiger partial charge on any atom is 0.191 e. The zero-order valence-electron chi connectivity index (χ0n) is 17.4. The molecule has 3 aromatic heterocycles. The Kier molecular flexibility index (Phi) is 6.25. The van der Waals surface area contributed by atoms with E-state index in [1.165, 1.54) is 48.7 Å². The number of hydrogen-bond donors (Lipinski definition) is 0. The van der Waals surface area contributed by atoms with E-state index < -0.39 is 0 Å². The zero-order chi connectivity index (χ0) is 20.4. The first kappa shape index (κ1) is 20.4. The smallest absolute Gasteiger partial charge is 0.191 e. The highest BCUT2D eigenvalue weighted by Gasteiger charge is 2.23. The highest BCUT2D eigenvalue weighted by atomic mass is 32.2. The van der Waals surface area contributed by atoms with Crippen LogP contribution in [0.1, 0.15) is 70.6 Å². The Morgan fingerprint density at radius 1 is 1.21 bits per heavy atom. The molecule has 1 fully saturated rings. The monoisotopic (exact) mass is 428 g/mol. The quantitative estimate of drug-likeness (QED) is 0.363. The average Bonchev–Trinajstić information content (AvgIpc) is 3.43. The van der Waals surface area contributed by atoms with E-state index in [9.17, 15) is 4.79 Å². The van der Waals surface area contributed by atoms with Gasteiger partial charge in [0.15, 0.2) is 10.9 Å². The van der Waals surface area contributed by atoms with Gasteiger partial charge in [0.1, 0.15) is 5.82 Å². The number of thioether (sulfide) groups is 1. The van der Waals surface area contributed by atoms with Crippen LogP contribution in [0.5, 0.6) is 0 Å². The fourth-order valence-electron chi connectivity index (χ4n) is 4.30. The van der Waals surface area contributed by atoms with Crippen LogP contribution in [0.3, 0.4) is 0 Å². The van der Waals surface area contributed by atoms with Crippen molar-refractivity contribution in [3.63, 3.8) is 0 Å². The minimum absolute atomic E-state index is 0.163. The normalized spacial score (nSPS) is 15.1. The van der Waals surface area contributed by atoms with Crippen LogP contribution in [-0.2, 0) is 6.54 Å². The van der Waals surface area contributed by atoms with Gasteiger partial charge in [-0.1, -0.05) is 37.1 Å². The third kappa shape index (κ3) is 4.36. The van der Waals surface area contributed by atoms with Gasteiger partial charge in [0.25, 0.3) is 0 Å². The van der Waals surface area contributed by atoms with Gasteiger partial charge in [-0.2, -0.15) is 0 Å². The van der Waals surface area contributed by atoms with Crippen LogP contribution in [0.4, 0.5) is 0 Å². The Labute approximate surface area is 180 Å². The van der Waals surface area contributed by atoms with Gasteiger partial charge in [-0.15, -0.1) is 21.5 Å². The first-order valence-electron chi connectivity index (χ1n) is 10.3. The second-order valence-electron chi connectivity index (χ2n) is 7.85. The second kappa shape index (κ2) is 8.88. The third-order valence-electron chi connectivity index (χ3n) is 5.88. The molecule has 0 bridgehead atoms. The van der Waals surface area contributed by atoms with Gasteiger partial charge < -0.3 is 9.13 Å². The van der Waals surface area contributed by atoms with Crippen molar-refractivity contribution in [3.05, 3.63) is 51.2 Å². The van der Waals surface area contributed by atoms with Gasteiger partial charge in [0, 0.05) is 27.9 Å². The van der Waals surface area contributed by atoms with Crippen LogP contribution in [0.2, 0.25) is 0 Å². The van der Waals surface area contributed by atoms with Crippen molar-refractivity contribution < 1.29 is 4.79 Å². The predicted molar refractivity (Wildman–Crippen MR) is 119 cm³/mol. The maximum atomic E-state index is 13.0. The number of hydrogen-bond acceptors (Lipinski definition) is 5. The van der Waals surface area contributed by atoms with E-state index in [2.05, 4.69) is 43.8 Å². The average molecular weight is 429 g/mol. The van der Waals surface area contributed by atoms with E-state index in [0.29, 0.717) is 11.8 Å². The Hall–Kier alpha value is -1.86. The lowest BCUT2D eigenvalue weighted by molar-refractivity contribution is 0.102. The maximum absolute atomic E-state index is 13.0. The van der Waals surface area contributed by atoms with Gasteiger partial charge in [-0.25, -0.2) is 0 Å². The molecule has 0 N–H and O–H groups in total. The lowest BCUT2D eigenvalue weighted by atomic mass is 9.95. The Balaban J connectivity index is 1.47. The van der Waals surface area contributed by atoms with Crippen LogP contribution in [0.25, 0.3) is 0 Å². The molecule has 0 aromatic carbocycles. The number of rotatable bonds is 7. The molecule has 1 aliphatic carbocycles. The van der Waals surface area contributed by atoms with E-state index >= 15 is 0 Å². The number of carbonyl (C=O) groups is 1. The van der Waals surface area contributed by atoms with Crippen LogP contribution in [-0.4, -0.2) is 30.9 Å². The molecule has 29 heavy (non-hydrogen) atoms. The van der Waals surface area contributed by atoms with Crippen molar-refractivity contribution in [2.45, 2.75) is 70.6 Å². The molecule has 0 aliphatic heterocycles. The first-order valence-corrected chi connectivity index (χ1v) is 12.2. The molecule has 1 aliphatic rings. The van der Waals surface area contributed by atoms with Crippen LogP contribution in [0.15, 0.2) is 28.7 Å². The highest BCUT2D eigenvalue weighted by Crippen LogP contribution is 2.32. The topological polar surface area (TPSA) is 52.7 Å². The molecule has 3 heterocycles. The summed E-state index contributed by atoms with van der Waals surface area (Å²) in [6, 6.07) is 6.72. The van der Waals surface area contributed by atoms with Crippen molar-refractivity contribution in [1.82, 2.24) is 19.3 Å². The Morgan fingerprint density at radius 3 is 2.72 bits per heavy atom. The molecule has 4 rings (SSSR count). The summed E-state index contributed by atoms with van der Waals surface area (Å²) in [5.74, 6) is 1.52. The highest BCUT2D eigenvalue weighted by molar-refractivity contribution is 7.99. The lowest BCUT2D eigenvalue weighted by Gasteiger charge is -2.24. The van der Waals surface area contributed by atoms with Crippen molar-refractivity contribution in [1.29, 1.82) is 0 Å². The number of carbonyl (C=O) groups excluding carboxylic acids is 1. The molecule has 5 nitrogen and oxygen atoms in total. The first-order chi connectivity index (χ1) is 14.0. The molecule has 3 aromatic rings. The number of aryl methyl sites for hydroxylation is 2. The number of aromatic nitrogens is 4. The molecule has 154 valence electrons. The van der Waals surface area contributed by atoms with Gasteiger partial charge in [-0.05, 0) is 51.1 Å². The summed E-state index contributed by atoms with van der Waals surface area (Å²) in [7, 11) is 0.